The zero-order valence-corrected chi connectivity index (χ0v) is 15.3. The average molecular weight is 355 g/mol. The summed E-state index contributed by atoms with van der Waals surface area (Å²) in [7, 11) is 0.269. The van der Waals surface area contributed by atoms with E-state index in [-0.39, 0.29) is 17.0 Å². The molecule has 0 aromatic heterocycles. The lowest BCUT2D eigenvalue weighted by atomic mass is 10.1. The normalized spacial score (nSPS) is 21.5. The maximum atomic E-state index is 12.8. The molecule has 3 N–H and O–H groups in total. The quantitative estimate of drug-likeness (QED) is 0.702. The third-order valence-electron chi connectivity index (χ3n) is 4.45. The number of likely N-dealkylation sites (tertiary alicyclic amines) is 1. The Balaban J connectivity index is 2.07. The van der Waals surface area contributed by atoms with Crippen LogP contribution in [0, 0.1) is 0 Å². The van der Waals surface area contributed by atoms with E-state index in [1.807, 2.05) is 6.92 Å². The second-order valence-corrected chi connectivity index (χ2v) is 8.22. The number of benzene rings is 1. The summed E-state index contributed by atoms with van der Waals surface area (Å²) in [6.45, 7) is 4.33. The molecule has 1 aromatic carbocycles. The summed E-state index contributed by atoms with van der Waals surface area (Å²) in [5.74, 6) is 0. The molecule has 134 valence electrons. The van der Waals surface area contributed by atoms with Gasteiger partial charge in [-0.2, -0.15) is 4.31 Å². The number of nitrogens with zero attached hydrogens (tertiary/aromatic N) is 1. The van der Waals surface area contributed by atoms with E-state index in [4.69, 9.17) is 0 Å². The SMILES string of the molecule is CCNC(=O)Nc1ccc(S(=O)(=O)N(C)C2CC[NH+](C)CC2)cc1. The van der Waals surface area contributed by atoms with E-state index in [0.717, 1.165) is 25.9 Å². The van der Waals surface area contributed by atoms with Crippen molar-refractivity contribution in [1.82, 2.24) is 9.62 Å². The topological polar surface area (TPSA) is 83.0 Å². The molecule has 0 bridgehead atoms. The van der Waals surface area contributed by atoms with E-state index in [2.05, 4.69) is 17.7 Å². The van der Waals surface area contributed by atoms with Crippen molar-refractivity contribution in [2.45, 2.75) is 30.7 Å². The van der Waals surface area contributed by atoms with Crippen molar-refractivity contribution in [3.8, 4) is 0 Å². The lowest BCUT2D eigenvalue weighted by molar-refractivity contribution is -0.885. The van der Waals surface area contributed by atoms with Gasteiger partial charge in [0.25, 0.3) is 0 Å². The molecule has 1 fully saturated rings. The van der Waals surface area contributed by atoms with Crippen LogP contribution in [0.3, 0.4) is 0 Å². The van der Waals surface area contributed by atoms with Crippen molar-refractivity contribution in [2.75, 3.05) is 39.0 Å². The monoisotopic (exact) mass is 355 g/mol. The van der Waals surface area contributed by atoms with Gasteiger partial charge in [-0.1, -0.05) is 0 Å². The van der Waals surface area contributed by atoms with Gasteiger partial charge in [0, 0.05) is 38.2 Å². The average Bonchev–Trinajstić information content (AvgIpc) is 2.55. The van der Waals surface area contributed by atoms with Crippen LogP contribution in [-0.4, -0.2) is 58.5 Å². The number of amides is 2. The smallest absolute Gasteiger partial charge is 0.319 e. The highest BCUT2D eigenvalue weighted by Gasteiger charge is 2.31. The summed E-state index contributed by atoms with van der Waals surface area (Å²) in [6.07, 6.45) is 1.75. The molecule has 0 radical (unpaired) electrons. The van der Waals surface area contributed by atoms with Crippen LogP contribution in [0.2, 0.25) is 0 Å². The molecule has 2 amide bonds. The fourth-order valence-electron chi connectivity index (χ4n) is 2.87. The number of sulfonamides is 1. The molecule has 1 aliphatic heterocycles. The highest BCUT2D eigenvalue weighted by atomic mass is 32.2. The van der Waals surface area contributed by atoms with Crippen molar-refractivity contribution in [2.24, 2.45) is 0 Å². The third-order valence-corrected chi connectivity index (χ3v) is 6.37. The molecular weight excluding hydrogens is 328 g/mol. The van der Waals surface area contributed by atoms with E-state index < -0.39 is 10.0 Å². The largest absolute Gasteiger partial charge is 0.338 e. The number of anilines is 1. The standard InChI is InChI=1S/C16H26N4O3S/c1-4-17-16(21)18-13-5-7-15(8-6-13)24(22,23)20(3)14-9-11-19(2)12-10-14/h5-8,14H,4,9-12H2,1-3H3,(H2,17,18,21)/p+1. The molecule has 1 saturated heterocycles. The molecule has 0 spiro atoms. The molecule has 0 saturated carbocycles. The van der Waals surface area contributed by atoms with Gasteiger partial charge in [0.15, 0.2) is 0 Å². The Labute approximate surface area is 144 Å². The second-order valence-electron chi connectivity index (χ2n) is 6.22. The Morgan fingerprint density at radius 1 is 1.25 bits per heavy atom. The minimum Gasteiger partial charge on any atom is -0.338 e. The van der Waals surface area contributed by atoms with Gasteiger partial charge < -0.3 is 15.5 Å². The van der Waals surface area contributed by atoms with Crippen LogP contribution in [-0.2, 0) is 10.0 Å². The first-order valence-electron chi connectivity index (χ1n) is 8.29. The van der Waals surface area contributed by atoms with Gasteiger partial charge in [-0.3, -0.25) is 0 Å². The van der Waals surface area contributed by atoms with Crippen molar-refractivity contribution in [3.05, 3.63) is 24.3 Å². The van der Waals surface area contributed by atoms with Crippen LogP contribution in [0.25, 0.3) is 0 Å². The number of carbonyl (C=O) groups is 1. The van der Waals surface area contributed by atoms with E-state index in [9.17, 15) is 13.2 Å². The second kappa shape index (κ2) is 7.96. The fraction of sp³-hybridized carbons (Fsp3) is 0.562. The van der Waals surface area contributed by atoms with Crippen molar-refractivity contribution in [3.63, 3.8) is 0 Å². The number of quaternary nitrogens is 1. The Morgan fingerprint density at radius 3 is 2.38 bits per heavy atom. The Kier molecular flexibility index (Phi) is 6.20. The summed E-state index contributed by atoms with van der Waals surface area (Å²) < 4.78 is 27.0. The molecule has 1 heterocycles. The number of hydrogen-bond acceptors (Lipinski definition) is 3. The minimum atomic E-state index is -3.52. The van der Waals surface area contributed by atoms with Crippen LogP contribution >= 0.6 is 0 Å². The van der Waals surface area contributed by atoms with Gasteiger partial charge in [-0.15, -0.1) is 0 Å². The molecule has 2 rings (SSSR count). The third kappa shape index (κ3) is 4.46. The number of piperidine rings is 1. The first-order chi connectivity index (χ1) is 11.3. The van der Waals surface area contributed by atoms with Gasteiger partial charge in [0.1, 0.15) is 0 Å². The molecule has 0 atom stereocenters. The highest BCUT2D eigenvalue weighted by molar-refractivity contribution is 7.89. The number of hydrogen-bond donors (Lipinski definition) is 3. The number of carbonyl (C=O) groups excluding carboxylic acids is 1. The van der Waals surface area contributed by atoms with Gasteiger partial charge in [-0.05, 0) is 31.2 Å². The zero-order valence-electron chi connectivity index (χ0n) is 14.5. The molecule has 1 aliphatic rings. The molecule has 0 aliphatic carbocycles. The summed E-state index contributed by atoms with van der Waals surface area (Å²) >= 11 is 0. The molecule has 0 unspecified atom stereocenters. The van der Waals surface area contributed by atoms with Crippen LogP contribution in [0.4, 0.5) is 10.5 Å². The van der Waals surface area contributed by atoms with Crippen molar-refractivity contribution < 1.29 is 18.1 Å². The van der Waals surface area contributed by atoms with E-state index in [1.165, 1.54) is 21.3 Å². The molecule has 24 heavy (non-hydrogen) atoms. The first-order valence-corrected chi connectivity index (χ1v) is 9.73. The summed E-state index contributed by atoms with van der Waals surface area (Å²) in [5.41, 5.74) is 0.561. The van der Waals surface area contributed by atoms with Crippen LogP contribution in [0.5, 0.6) is 0 Å². The Hall–Kier alpha value is -1.64. The summed E-state index contributed by atoms with van der Waals surface area (Å²) in [5, 5.41) is 5.28. The lowest BCUT2D eigenvalue weighted by Crippen LogP contribution is -3.10. The highest BCUT2D eigenvalue weighted by Crippen LogP contribution is 2.21. The first kappa shape index (κ1) is 18.7. The summed E-state index contributed by atoms with van der Waals surface area (Å²) in [6, 6.07) is 6.02. The van der Waals surface area contributed by atoms with Crippen molar-refractivity contribution in [1.29, 1.82) is 0 Å². The molecular formula is C16H27N4O3S+. The van der Waals surface area contributed by atoms with Gasteiger partial charge in [0.2, 0.25) is 10.0 Å². The predicted octanol–water partition coefficient (Wildman–Crippen LogP) is 0.126. The molecule has 7 nitrogen and oxygen atoms in total. The van der Waals surface area contributed by atoms with Gasteiger partial charge >= 0.3 is 6.03 Å². The zero-order chi connectivity index (χ0) is 17.7. The van der Waals surface area contributed by atoms with Crippen LogP contribution in [0.15, 0.2) is 29.2 Å². The lowest BCUT2D eigenvalue weighted by Gasteiger charge is -2.32. The molecule has 1 aromatic rings. The number of urea groups is 1. The predicted molar refractivity (Wildman–Crippen MR) is 93.7 cm³/mol. The number of rotatable bonds is 5. The maximum Gasteiger partial charge on any atom is 0.319 e. The van der Waals surface area contributed by atoms with Crippen LogP contribution < -0.4 is 15.5 Å². The maximum absolute atomic E-state index is 12.8. The number of nitrogens with one attached hydrogen (secondary N) is 3. The fourth-order valence-corrected chi connectivity index (χ4v) is 4.28. The van der Waals surface area contributed by atoms with Crippen molar-refractivity contribution >= 4 is 21.7 Å². The summed E-state index contributed by atoms with van der Waals surface area (Å²) in [4.78, 5) is 13.2. The molecule has 8 heteroatoms. The van der Waals surface area contributed by atoms with E-state index in [1.54, 1.807) is 19.2 Å². The Bertz CT molecular complexity index is 652. The van der Waals surface area contributed by atoms with Gasteiger partial charge in [0.05, 0.1) is 25.0 Å². The van der Waals surface area contributed by atoms with E-state index >= 15 is 0 Å². The van der Waals surface area contributed by atoms with E-state index in [0.29, 0.717) is 12.2 Å². The van der Waals surface area contributed by atoms with Crippen LogP contribution in [0.1, 0.15) is 19.8 Å². The minimum absolute atomic E-state index is 0.0480. The Morgan fingerprint density at radius 2 is 1.83 bits per heavy atom. The van der Waals surface area contributed by atoms with Gasteiger partial charge in [-0.25, -0.2) is 13.2 Å².